The molecule has 0 bridgehead atoms. The minimum absolute atomic E-state index is 0.123. The summed E-state index contributed by atoms with van der Waals surface area (Å²) in [5, 5.41) is 8.36. The molecule has 0 atom stereocenters. The molecular formula is C23H24N4O2S. The van der Waals surface area contributed by atoms with Crippen molar-refractivity contribution in [2.75, 3.05) is 5.32 Å². The molecule has 5 rings (SSSR count). The van der Waals surface area contributed by atoms with Crippen molar-refractivity contribution in [1.29, 1.82) is 0 Å². The molecule has 1 aliphatic carbocycles. The lowest BCUT2D eigenvalue weighted by Crippen LogP contribution is -2.26. The standard InChI is InChI=1S/C23H24N4O2S/c28-21(24-16-10-11-16)17-12-14-30-23(17)26-22(29)19-18-9-5-2-6-13-27(18)20(25-19)15-7-3-1-4-8-15/h1,3-4,7-8,12,14,16H,2,5-6,9-11,13H2,(H,24,28)(H,26,29). The second-order valence-corrected chi connectivity index (χ2v) is 8.84. The molecule has 6 nitrogen and oxygen atoms in total. The number of nitrogens with zero attached hydrogens (tertiary/aromatic N) is 2. The van der Waals surface area contributed by atoms with Gasteiger partial charge >= 0.3 is 0 Å². The fourth-order valence-corrected chi connectivity index (χ4v) is 4.73. The van der Waals surface area contributed by atoms with Crippen molar-refractivity contribution in [2.45, 2.75) is 51.1 Å². The van der Waals surface area contributed by atoms with Crippen LogP contribution in [0.1, 0.15) is 58.6 Å². The number of aromatic nitrogens is 2. The lowest BCUT2D eigenvalue weighted by Gasteiger charge is -2.09. The van der Waals surface area contributed by atoms with Crippen LogP contribution in [0.15, 0.2) is 41.8 Å². The molecule has 0 radical (unpaired) electrons. The van der Waals surface area contributed by atoms with Crippen LogP contribution in [0.25, 0.3) is 11.4 Å². The van der Waals surface area contributed by atoms with Gasteiger partial charge in [0, 0.05) is 18.2 Å². The van der Waals surface area contributed by atoms with E-state index in [1.807, 2.05) is 35.7 Å². The van der Waals surface area contributed by atoms with Gasteiger partial charge in [0.25, 0.3) is 11.8 Å². The molecule has 154 valence electrons. The molecule has 0 unspecified atom stereocenters. The molecule has 2 amide bonds. The van der Waals surface area contributed by atoms with E-state index < -0.39 is 0 Å². The first kappa shape index (κ1) is 19.1. The number of imidazole rings is 1. The van der Waals surface area contributed by atoms with Gasteiger partial charge in [0.2, 0.25) is 0 Å². The third-order valence-electron chi connectivity index (χ3n) is 5.66. The Morgan fingerprint density at radius 2 is 1.87 bits per heavy atom. The average Bonchev–Trinajstić information content (AvgIpc) is 3.41. The molecule has 0 saturated heterocycles. The van der Waals surface area contributed by atoms with Gasteiger partial charge in [-0.15, -0.1) is 11.3 Å². The highest BCUT2D eigenvalue weighted by Crippen LogP contribution is 2.30. The van der Waals surface area contributed by atoms with Crippen LogP contribution in [0.3, 0.4) is 0 Å². The summed E-state index contributed by atoms with van der Waals surface area (Å²) in [5.74, 6) is 0.476. The smallest absolute Gasteiger partial charge is 0.276 e. The first-order valence-electron chi connectivity index (χ1n) is 10.6. The highest BCUT2D eigenvalue weighted by molar-refractivity contribution is 7.14. The van der Waals surface area contributed by atoms with Gasteiger partial charge in [-0.1, -0.05) is 36.8 Å². The number of benzene rings is 1. The van der Waals surface area contributed by atoms with E-state index in [-0.39, 0.29) is 17.9 Å². The number of hydrogen-bond acceptors (Lipinski definition) is 4. The minimum atomic E-state index is -0.245. The second-order valence-electron chi connectivity index (χ2n) is 7.92. The molecule has 1 aliphatic heterocycles. The van der Waals surface area contributed by atoms with E-state index in [0.29, 0.717) is 16.3 Å². The van der Waals surface area contributed by atoms with Gasteiger partial charge in [-0.25, -0.2) is 4.98 Å². The molecule has 2 aromatic heterocycles. The van der Waals surface area contributed by atoms with Gasteiger partial charge in [-0.2, -0.15) is 0 Å². The normalized spacial score (nSPS) is 15.9. The van der Waals surface area contributed by atoms with Gasteiger partial charge in [0.05, 0.1) is 11.3 Å². The van der Waals surface area contributed by atoms with Gasteiger partial charge in [0.15, 0.2) is 0 Å². The Hall–Kier alpha value is -2.93. The molecule has 1 saturated carbocycles. The van der Waals surface area contributed by atoms with Crippen molar-refractivity contribution >= 4 is 28.2 Å². The van der Waals surface area contributed by atoms with Crippen LogP contribution >= 0.6 is 11.3 Å². The minimum Gasteiger partial charge on any atom is -0.349 e. The first-order chi connectivity index (χ1) is 14.7. The number of amides is 2. The van der Waals surface area contributed by atoms with Crippen LogP contribution in [0.4, 0.5) is 5.00 Å². The highest BCUT2D eigenvalue weighted by atomic mass is 32.1. The predicted molar refractivity (Wildman–Crippen MR) is 118 cm³/mol. The fraction of sp³-hybridized carbons (Fsp3) is 0.348. The summed E-state index contributed by atoms with van der Waals surface area (Å²) >= 11 is 1.37. The summed E-state index contributed by atoms with van der Waals surface area (Å²) in [5.41, 5.74) is 3.00. The van der Waals surface area contributed by atoms with E-state index in [1.165, 1.54) is 11.3 Å². The zero-order valence-corrected chi connectivity index (χ0v) is 17.5. The van der Waals surface area contributed by atoms with Gasteiger partial charge in [-0.3, -0.25) is 9.59 Å². The molecule has 3 aromatic rings. The third-order valence-corrected chi connectivity index (χ3v) is 6.49. The van der Waals surface area contributed by atoms with E-state index in [1.54, 1.807) is 6.07 Å². The molecule has 30 heavy (non-hydrogen) atoms. The summed E-state index contributed by atoms with van der Waals surface area (Å²) in [4.78, 5) is 30.5. The van der Waals surface area contributed by atoms with Crippen LogP contribution in [0.5, 0.6) is 0 Å². The predicted octanol–water partition coefficient (Wildman–Crippen LogP) is 4.48. The SMILES string of the molecule is O=C(NC1CC1)c1ccsc1NC(=O)c1nc(-c2ccccc2)n2c1CCCCC2. The number of anilines is 1. The fourth-order valence-electron chi connectivity index (χ4n) is 3.95. The maximum Gasteiger partial charge on any atom is 0.276 e. The molecule has 2 N–H and O–H groups in total. The van der Waals surface area contributed by atoms with Crippen LogP contribution in [-0.2, 0) is 13.0 Å². The van der Waals surface area contributed by atoms with Gasteiger partial charge < -0.3 is 15.2 Å². The maximum atomic E-state index is 13.2. The van der Waals surface area contributed by atoms with Crippen molar-refractivity contribution in [3.63, 3.8) is 0 Å². The van der Waals surface area contributed by atoms with Crippen LogP contribution in [-0.4, -0.2) is 27.4 Å². The first-order valence-corrected chi connectivity index (χ1v) is 11.4. The van der Waals surface area contributed by atoms with Crippen molar-refractivity contribution in [3.8, 4) is 11.4 Å². The van der Waals surface area contributed by atoms with E-state index in [4.69, 9.17) is 4.98 Å². The van der Waals surface area contributed by atoms with E-state index in [9.17, 15) is 9.59 Å². The largest absolute Gasteiger partial charge is 0.349 e. The molecule has 1 aromatic carbocycles. The van der Waals surface area contributed by atoms with Crippen LogP contribution in [0.2, 0.25) is 0 Å². The van der Waals surface area contributed by atoms with Crippen molar-refractivity contribution < 1.29 is 9.59 Å². The van der Waals surface area contributed by atoms with E-state index >= 15 is 0 Å². The maximum absolute atomic E-state index is 13.2. The molecule has 7 heteroatoms. The lowest BCUT2D eigenvalue weighted by atomic mass is 10.1. The molecule has 2 aliphatic rings. The number of nitrogens with one attached hydrogen (secondary N) is 2. The summed E-state index contributed by atoms with van der Waals surface area (Å²) in [6.45, 7) is 0.869. The summed E-state index contributed by atoms with van der Waals surface area (Å²) < 4.78 is 2.20. The molecular weight excluding hydrogens is 396 g/mol. The topological polar surface area (TPSA) is 76.0 Å². The van der Waals surface area contributed by atoms with Crippen LogP contribution in [0, 0.1) is 0 Å². The average molecular weight is 421 g/mol. The third kappa shape index (κ3) is 3.77. The zero-order chi connectivity index (χ0) is 20.5. The van der Waals surface area contributed by atoms with Crippen molar-refractivity contribution in [3.05, 3.63) is 58.7 Å². The zero-order valence-electron chi connectivity index (χ0n) is 16.7. The van der Waals surface area contributed by atoms with E-state index in [0.717, 1.165) is 62.2 Å². The van der Waals surface area contributed by atoms with Gasteiger partial charge in [-0.05, 0) is 43.6 Å². The Kier molecular flexibility index (Phi) is 5.12. The number of rotatable bonds is 5. The number of carbonyl (C=O) groups is 2. The van der Waals surface area contributed by atoms with Crippen LogP contribution < -0.4 is 10.6 Å². The van der Waals surface area contributed by atoms with Crippen molar-refractivity contribution in [2.24, 2.45) is 0 Å². The molecule has 3 heterocycles. The Bertz CT molecular complexity index is 1080. The number of thiophene rings is 1. The Morgan fingerprint density at radius 3 is 2.67 bits per heavy atom. The Morgan fingerprint density at radius 1 is 1.03 bits per heavy atom. The highest BCUT2D eigenvalue weighted by Gasteiger charge is 2.28. The summed E-state index contributed by atoms with van der Waals surface area (Å²) in [6.07, 6.45) is 6.17. The Labute approximate surface area is 179 Å². The summed E-state index contributed by atoms with van der Waals surface area (Å²) in [6, 6.07) is 12.1. The lowest BCUT2D eigenvalue weighted by molar-refractivity contribution is 0.0952. The van der Waals surface area contributed by atoms with E-state index in [2.05, 4.69) is 15.2 Å². The second kappa shape index (κ2) is 8.07. The number of carbonyl (C=O) groups excluding carboxylic acids is 2. The van der Waals surface area contributed by atoms with Gasteiger partial charge in [0.1, 0.15) is 16.5 Å². The Balaban J connectivity index is 1.46. The summed E-state index contributed by atoms with van der Waals surface area (Å²) in [7, 11) is 0. The molecule has 1 fully saturated rings. The number of fused-ring (bicyclic) bond motifs is 1. The van der Waals surface area contributed by atoms with Crippen molar-refractivity contribution in [1.82, 2.24) is 14.9 Å². The quantitative estimate of drug-likeness (QED) is 0.639. The monoisotopic (exact) mass is 420 g/mol. The number of hydrogen-bond donors (Lipinski definition) is 2. The molecule has 0 spiro atoms.